The van der Waals surface area contributed by atoms with Crippen LogP contribution in [0, 0.1) is 0 Å². The van der Waals surface area contributed by atoms with Crippen LogP contribution in [0.1, 0.15) is 27.7 Å². The lowest BCUT2D eigenvalue weighted by Gasteiger charge is -2.24. The number of hydrogen-bond donors (Lipinski definition) is 2. The first-order valence-electron chi connectivity index (χ1n) is 6.92. The van der Waals surface area contributed by atoms with Crippen molar-refractivity contribution < 1.29 is 4.79 Å². The molecule has 3 heteroatoms. The lowest BCUT2D eigenvalue weighted by Crippen LogP contribution is -2.47. The van der Waals surface area contributed by atoms with Crippen molar-refractivity contribution in [2.45, 2.75) is 39.3 Å². The number of carbonyl (C=O) groups is 1. The van der Waals surface area contributed by atoms with Crippen LogP contribution in [-0.4, -0.2) is 17.5 Å². The number of benzene rings is 2. The van der Waals surface area contributed by atoms with Crippen LogP contribution >= 0.6 is 0 Å². The highest BCUT2D eigenvalue weighted by Gasteiger charge is 2.18. The number of fused-ring (bicyclic) bond motifs is 1. The van der Waals surface area contributed by atoms with E-state index >= 15 is 0 Å². The molecule has 2 aromatic rings. The molecule has 0 radical (unpaired) electrons. The molecule has 0 saturated heterocycles. The van der Waals surface area contributed by atoms with Gasteiger partial charge in [0.2, 0.25) is 5.91 Å². The Bertz CT molecular complexity index is 614. The van der Waals surface area contributed by atoms with Crippen LogP contribution in [0.4, 0.5) is 5.69 Å². The van der Waals surface area contributed by atoms with E-state index < -0.39 is 0 Å². The van der Waals surface area contributed by atoms with E-state index in [1.54, 1.807) is 0 Å². The molecule has 0 spiro atoms. The molecule has 2 aromatic carbocycles. The van der Waals surface area contributed by atoms with Crippen molar-refractivity contribution >= 4 is 22.4 Å². The highest BCUT2D eigenvalue weighted by Crippen LogP contribution is 2.19. The van der Waals surface area contributed by atoms with Gasteiger partial charge in [0.15, 0.2) is 0 Å². The van der Waals surface area contributed by atoms with Gasteiger partial charge in [-0.15, -0.1) is 0 Å². The van der Waals surface area contributed by atoms with Crippen molar-refractivity contribution in [2.24, 2.45) is 0 Å². The molecule has 1 unspecified atom stereocenters. The molecule has 0 heterocycles. The van der Waals surface area contributed by atoms with E-state index in [0.29, 0.717) is 0 Å². The standard InChI is InChI=1S/C17H22N2O/c1-12(16(20)19-17(2,3)4)18-15-10-9-13-7-5-6-8-14(13)11-15/h5-12,18H,1-4H3,(H,19,20). The third-order valence-corrected chi connectivity index (χ3v) is 3.02. The van der Waals surface area contributed by atoms with Crippen LogP contribution in [0.15, 0.2) is 42.5 Å². The molecule has 1 amide bonds. The predicted molar refractivity (Wildman–Crippen MR) is 84.9 cm³/mol. The highest BCUT2D eigenvalue weighted by atomic mass is 16.2. The SMILES string of the molecule is CC(Nc1ccc2ccccc2c1)C(=O)NC(C)(C)C. The average Bonchev–Trinajstić information content (AvgIpc) is 2.36. The number of hydrogen-bond acceptors (Lipinski definition) is 2. The molecule has 0 aliphatic carbocycles. The summed E-state index contributed by atoms with van der Waals surface area (Å²) in [5.74, 6) is 0.00524. The highest BCUT2D eigenvalue weighted by molar-refractivity contribution is 5.88. The van der Waals surface area contributed by atoms with Gasteiger partial charge in [0.05, 0.1) is 0 Å². The molecule has 2 rings (SSSR count). The minimum atomic E-state index is -0.268. The first-order chi connectivity index (χ1) is 9.35. The summed E-state index contributed by atoms with van der Waals surface area (Å²) in [6, 6.07) is 14.0. The minimum Gasteiger partial charge on any atom is -0.374 e. The summed E-state index contributed by atoms with van der Waals surface area (Å²) in [6.07, 6.45) is 0. The lowest BCUT2D eigenvalue weighted by atomic mass is 10.1. The molecule has 1 atom stereocenters. The second-order valence-corrected chi connectivity index (χ2v) is 6.17. The summed E-state index contributed by atoms with van der Waals surface area (Å²) in [7, 11) is 0. The van der Waals surface area contributed by atoms with Gasteiger partial charge < -0.3 is 10.6 Å². The fraction of sp³-hybridized carbons (Fsp3) is 0.353. The Kier molecular flexibility index (Phi) is 3.98. The summed E-state index contributed by atoms with van der Waals surface area (Å²) < 4.78 is 0. The molecule has 20 heavy (non-hydrogen) atoms. The number of anilines is 1. The average molecular weight is 270 g/mol. The minimum absolute atomic E-state index is 0.00524. The third kappa shape index (κ3) is 3.73. The van der Waals surface area contributed by atoms with Crippen LogP contribution in [0.25, 0.3) is 10.8 Å². The van der Waals surface area contributed by atoms with Gasteiger partial charge in [0.1, 0.15) is 6.04 Å². The summed E-state index contributed by atoms with van der Waals surface area (Å²) >= 11 is 0. The monoisotopic (exact) mass is 270 g/mol. The van der Waals surface area contributed by atoms with Crippen molar-refractivity contribution in [3.8, 4) is 0 Å². The van der Waals surface area contributed by atoms with E-state index in [2.05, 4.69) is 34.9 Å². The van der Waals surface area contributed by atoms with E-state index in [1.165, 1.54) is 10.8 Å². The Morgan fingerprint density at radius 2 is 1.70 bits per heavy atom. The van der Waals surface area contributed by atoms with Crippen molar-refractivity contribution in [2.75, 3.05) is 5.32 Å². The molecule has 0 aliphatic rings. The normalized spacial score (nSPS) is 13.0. The Labute approximate surface area is 120 Å². The first kappa shape index (κ1) is 14.4. The van der Waals surface area contributed by atoms with Crippen LogP contribution in [0.3, 0.4) is 0 Å². The van der Waals surface area contributed by atoms with E-state index in [9.17, 15) is 4.79 Å². The quantitative estimate of drug-likeness (QED) is 0.895. The van der Waals surface area contributed by atoms with Gasteiger partial charge in [-0.25, -0.2) is 0 Å². The summed E-state index contributed by atoms with van der Waals surface area (Å²) in [5.41, 5.74) is 0.747. The van der Waals surface area contributed by atoms with Gasteiger partial charge in [0, 0.05) is 11.2 Å². The van der Waals surface area contributed by atoms with Crippen molar-refractivity contribution in [1.29, 1.82) is 0 Å². The maximum absolute atomic E-state index is 12.1. The van der Waals surface area contributed by atoms with Gasteiger partial charge in [-0.2, -0.15) is 0 Å². The summed E-state index contributed by atoms with van der Waals surface area (Å²) in [5, 5.41) is 8.59. The van der Waals surface area contributed by atoms with Gasteiger partial charge in [-0.3, -0.25) is 4.79 Å². The van der Waals surface area contributed by atoms with Crippen LogP contribution in [0.2, 0.25) is 0 Å². The largest absolute Gasteiger partial charge is 0.374 e. The molecule has 106 valence electrons. The topological polar surface area (TPSA) is 41.1 Å². The zero-order valence-corrected chi connectivity index (χ0v) is 12.5. The molecular weight excluding hydrogens is 248 g/mol. The molecule has 0 saturated carbocycles. The summed E-state index contributed by atoms with van der Waals surface area (Å²) in [6.45, 7) is 7.81. The third-order valence-electron chi connectivity index (χ3n) is 3.02. The molecule has 3 nitrogen and oxygen atoms in total. The Balaban J connectivity index is 2.09. The number of amides is 1. The van der Waals surface area contributed by atoms with Gasteiger partial charge in [-0.05, 0) is 50.6 Å². The second-order valence-electron chi connectivity index (χ2n) is 6.17. The first-order valence-corrected chi connectivity index (χ1v) is 6.92. The van der Waals surface area contributed by atoms with Crippen molar-refractivity contribution in [3.05, 3.63) is 42.5 Å². The van der Waals surface area contributed by atoms with Crippen LogP contribution in [-0.2, 0) is 4.79 Å². The van der Waals surface area contributed by atoms with Crippen molar-refractivity contribution in [3.63, 3.8) is 0 Å². The maximum Gasteiger partial charge on any atom is 0.242 e. The number of carbonyl (C=O) groups excluding carboxylic acids is 1. The van der Waals surface area contributed by atoms with Crippen LogP contribution < -0.4 is 10.6 Å². The molecule has 2 N–H and O–H groups in total. The van der Waals surface area contributed by atoms with E-state index in [0.717, 1.165) is 5.69 Å². The molecular formula is C17H22N2O. The predicted octanol–water partition coefficient (Wildman–Crippen LogP) is 3.55. The molecule has 0 bridgehead atoms. The number of nitrogens with one attached hydrogen (secondary N) is 2. The zero-order valence-electron chi connectivity index (χ0n) is 12.5. The van der Waals surface area contributed by atoms with Gasteiger partial charge in [0.25, 0.3) is 0 Å². The molecule has 0 fully saturated rings. The van der Waals surface area contributed by atoms with Crippen molar-refractivity contribution in [1.82, 2.24) is 5.32 Å². The lowest BCUT2D eigenvalue weighted by molar-refractivity contribution is -0.122. The van der Waals surface area contributed by atoms with Gasteiger partial charge >= 0.3 is 0 Å². The Morgan fingerprint density at radius 3 is 2.35 bits per heavy atom. The molecule has 0 aliphatic heterocycles. The second kappa shape index (κ2) is 5.53. The summed E-state index contributed by atoms with van der Waals surface area (Å²) in [4.78, 5) is 12.1. The Morgan fingerprint density at radius 1 is 1.05 bits per heavy atom. The smallest absolute Gasteiger partial charge is 0.242 e. The fourth-order valence-corrected chi connectivity index (χ4v) is 2.07. The maximum atomic E-state index is 12.1. The fourth-order valence-electron chi connectivity index (χ4n) is 2.07. The zero-order chi connectivity index (χ0) is 14.8. The van der Waals surface area contributed by atoms with E-state index in [4.69, 9.17) is 0 Å². The van der Waals surface area contributed by atoms with E-state index in [1.807, 2.05) is 45.9 Å². The molecule has 0 aromatic heterocycles. The Hall–Kier alpha value is -2.03. The number of rotatable bonds is 3. The van der Waals surface area contributed by atoms with Gasteiger partial charge in [-0.1, -0.05) is 30.3 Å². The van der Waals surface area contributed by atoms with Crippen LogP contribution in [0.5, 0.6) is 0 Å². The van der Waals surface area contributed by atoms with E-state index in [-0.39, 0.29) is 17.5 Å².